The summed E-state index contributed by atoms with van der Waals surface area (Å²) in [5.41, 5.74) is 2.75. The summed E-state index contributed by atoms with van der Waals surface area (Å²) >= 11 is 2.23. The van der Waals surface area contributed by atoms with E-state index in [1.807, 2.05) is 81.9 Å². The number of carbonyl (C=O) groups is 1. The van der Waals surface area contributed by atoms with Crippen LogP contribution in [0.4, 0.5) is 0 Å². The lowest BCUT2D eigenvalue weighted by Gasteiger charge is -2.32. The Morgan fingerprint density at radius 3 is 2.61 bits per heavy atom. The fourth-order valence-electron chi connectivity index (χ4n) is 6.49. The van der Waals surface area contributed by atoms with Crippen LogP contribution in [0.5, 0.6) is 11.6 Å². The Labute approximate surface area is 301 Å². The molecule has 0 aliphatic carbocycles. The van der Waals surface area contributed by atoms with Crippen LogP contribution < -0.4 is 9.47 Å². The Kier molecular flexibility index (Phi) is 9.54. The van der Waals surface area contributed by atoms with E-state index < -0.39 is 24.4 Å². The second-order valence-electron chi connectivity index (χ2n) is 13.9. The zero-order valence-electron chi connectivity index (χ0n) is 28.7. The molecule has 0 unspecified atom stereocenters. The molecule has 3 fully saturated rings. The smallest absolute Gasteiger partial charge is 0.479 e. The Hall–Kier alpha value is -3.40. The van der Waals surface area contributed by atoms with Crippen molar-refractivity contribution in [3.05, 3.63) is 63.9 Å². The molecule has 49 heavy (non-hydrogen) atoms. The minimum atomic E-state index is -0.485. The number of fused-ring (bicyclic) bond motifs is 1. The predicted octanol–water partition coefficient (Wildman–Crippen LogP) is 6.44. The molecule has 2 aromatic carbocycles. The lowest BCUT2D eigenvalue weighted by atomic mass is 9.89. The van der Waals surface area contributed by atoms with Gasteiger partial charge in [-0.05, 0) is 105 Å². The van der Waals surface area contributed by atoms with Crippen LogP contribution in [0.15, 0.2) is 54.6 Å². The first-order valence-corrected chi connectivity index (χ1v) is 18.1. The van der Waals surface area contributed by atoms with Gasteiger partial charge in [-0.2, -0.15) is 5.10 Å². The predicted molar refractivity (Wildman–Crippen MR) is 196 cm³/mol. The molecule has 0 saturated carbocycles. The van der Waals surface area contributed by atoms with E-state index in [1.165, 1.54) is 0 Å². The highest BCUT2D eigenvalue weighted by atomic mass is 127. The molecule has 13 heteroatoms. The maximum Gasteiger partial charge on any atom is 0.487 e. The van der Waals surface area contributed by atoms with Crippen LogP contribution in [-0.4, -0.2) is 81.1 Å². The van der Waals surface area contributed by atoms with Crippen molar-refractivity contribution in [2.75, 3.05) is 26.3 Å². The molecule has 3 saturated heterocycles. The van der Waals surface area contributed by atoms with Crippen LogP contribution in [-0.2, 0) is 25.9 Å². The molecular formula is C36H43BIN5O6. The Balaban J connectivity index is 1.09. The third kappa shape index (κ3) is 6.99. The number of amides is 1. The summed E-state index contributed by atoms with van der Waals surface area (Å²) in [6.07, 6.45) is 7.05. The molecule has 258 valence electrons. The largest absolute Gasteiger partial charge is 0.487 e. The zero-order chi connectivity index (χ0) is 34.3. The Bertz CT molecular complexity index is 1850. The standard InChI is InChI=1S/C36H43BIN5O6/c1-35(2)36(3,4)49-37(48-35)17-15-28-25-22-24(13-14-29(25)43(39-28)32-12-8-9-20-45-32)26-23-41(5)40-33(26)46-21-19-42-18-16-31(34(42)44)47-30-11-7-6-10-27(30)38/h6-7,10-11,13-15,17,22-23,31-32H,8-9,12,16,18-21H2,1-5H3/b17-15+/t31-,32-/m1/s1. The van der Waals surface area contributed by atoms with Crippen LogP contribution in [0, 0.1) is 3.57 Å². The van der Waals surface area contributed by atoms with Gasteiger partial charge in [-0.1, -0.05) is 24.2 Å². The molecule has 0 radical (unpaired) electrons. The van der Waals surface area contributed by atoms with Crippen molar-refractivity contribution in [3.8, 4) is 22.8 Å². The lowest BCUT2D eigenvalue weighted by Crippen LogP contribution is -2.41. The molecule has 7 rings (SSSR count). The average molecular weight is 779 g/mol. The van der Waals surface area contributed by atoms with Gasteiger partial charge in [-0.3, -0.25) is 9.48 Å². The van der Waals surface area contributed by atoms with Crippen molar-refractivity contribution in [2.24, 2.45) is 7.05 Å². The first-order valence-electron chi connectivity index (χ1n) is 17.0. The van der Waals surface area contributed by atoms with Crippen molar-refractivity contribution in [2.45, 2.75) is 76.9 Å². The molecule has 1 amide bonds. The highest BCUT2D eigenvalue weighted by Crippen LogP contribution is 2.38. The van der Waals surface area contributed by atoms with E-state index in [0.29, 0.717) is 32.0 Å². The SMILES string of the molecule is Cn1cc(-c2ccc3c(c2)c(/C=C/B2OC(C)(C)C(C)(C)O2)nn3[C@H]2CCCCO2)c(OCCN2CC[C@@H](Oc3ccccc3I)C2=O)n1. The molecule has 5 heterocycles. The number of aryl methyl sites for hydroxylation is 1. The number of benzene rings is 2. The second-order valence-corrected chi connectivity index (χ2v) is 15.0. The molecule has 11 nitrogen and oxygen atoms in total. The maximum atomic E-state index is 13.1. The third-order valence-electron chi connectivity index (χ3n) is 9.91. The number of aromatic nitrogens is 4. The fraction of sp³-hybridized carbons (Fsp3) is 0.472. The van der Waals surface area contributed by atoms with E-state index >= 15 is 0 Å². The highest BCUT2D eigenvalue weighted by Gasteiger charge is 2.50. The summed E-state index contributed by atoms with van der Waals surface area (Å²) < 4.78 is 35.6. The van der Waals surface area contributed by atoms with Crippen molar-refractivity contribution >= 4 is 52.6 Å². The minimum absolute atomic E-state index is 0.0185. The van der Waals surface area contributed by atoms with Gasteiger partial charge in [-0.15, -0.1) is 5.10 Å². The summed E-state index contributed by atoms with van der Waals surface area (Å²) in [6.45, 7) is 10.3. The molecule has 2 atom stereocenters. The molecular weight excluding hydrogens is 736 g/mol. The molecule has 4 aromatic rings. The number of hydrogen-bond acceptors (Lipinski definition) is 8. The molecule has 0 spiro atoms. The van der Waals surface area contributed by atoms with Gasteiger partial charge in [0.15, 0.2) is 12.3 Å². The van der Waals surface area contributed by atoms with Crippen LogP contribution in [0.1, 0.15) is 65.3 Å². The number of hydrogen-bond donors (Lipinski definition) is 0. The average Bonchev–Trinajstić information content (AvgIpc) is 3.79. The summed E-state index contributed by atoms with van der Waals surface area (Å²) in [7, 11) is 1.40. The van der Waals surface area contributed by atoms with E-state index in [4.69, 9.17) is 28.6 Å². The van der Waals surface area contributed by atoms with Gasteiger partial charge in [-0.25, -0.2) is 4.68 Å². The topological polar surface area (TPSA) is 102 Å². The zero-order valence-corrected chi connectivity index (χ0v) is 30.9. The van der Waals surface area contributed by atoms with Crippen LogP contribution >= 0.6 is 22.6 Å². The highest BCUT2D eigenvalue weighted by molar-refractivity contribution is 14.1. The maximum absolute atomic E-state index is 13.1. The van der Waals surface area contributed by atoms with Gasteiger partial charge >= 0.3 is 7.12 Å². The lowest BCUT2D eigenvalue weighted by molar-refractivity contribution is -0.133. The summed E-state index contributed by atoms with van der Waals surface area (Å²) in [4.78, 5) is 14.9. The van der Waals surface area contributed by atoms with Crippen molar-refractivity contribution in [1.82, 2.24) is 24.5 Å². The number of carbonyl (C=O) groups excluding carboxylic acids is 1. The van der Waals surface area contributed by atoms with E-state index in [1.54, 1.807) is 9.58 Å². The minimum Gasteiger partial charge on any atom is -0.479 e. The molecule has 3 aliphatic rings. The molecule has 3 aliphatic heterocycles. The quantitative estimate of drug-likeness (QED) is 0.134. The van der Waals surface area contributed by atoms with Crippen LogP contribution in [0.25, 0.3) is 28.1 Å². The van der Waals surface area contributed by atoms with Gasteiger partial charge in [0, 0.05) is 38.2 Å². The summed E-state index contributed by atoms with van der Waals surface area (Å²) in [6, 6.07) is 14.0. The molecule has 2 aromatic heterocycles. The number of para-hydroxylation sites is 1. The monoisotopic (exact) mass is 779 g/mol. The van der Waals surface area contributed by atoms with E-state index in [-0.39, 0.29) is 12.1 Å². The van der Waals surface area contributed by atoms with Gasteiger partial charge in [0.25, 0.3) is 5.91 Å². The number of rotatable bonds is 10. The third-order valence-corrected chi connectivity index (χ3v) is 10.8. The van der Waals surface area contributed by atoms with Crippen molar-refractivity contribution < 1.29 is 28.3 Å². The normalized spacial score (nSPS) is 22.1. The molecule has 0 bridgehead atoms. The number of nitrogens with zero attached hydrogens (tertiary/aromatic N) is 5. The van der Waals surface area contributed by atoms with Crippen molar-refractivity contribution in [1.29, 1.82) is 0 Å². The first kappa shape index (κ1) is 34.1. The van der Waals surface area contributed by atoms with E-state index in [2.05, 4.69) is 45.9 Å². The Morgan fingerprint density at radius 2 is 1.86 bits per heavy atom. The van der Waals surface area contributed by atoms with Crippen LogP contribution in [0.3, 0.4) is 0 Å². The Morgan fingerprint density at radius 1 is 1.06 bits per heavy atom. The van der Waals surface area contributed by atoms with Gasteiger partial charge in [0.1, 0.15) is 12.4 Å². The van der Waals surface area contributed by atoms with E-state index in [9.17, 15) is 4.79 Å². The van der Waals surface area contributed by atoms with Crippen LogP contribution in [0.2, 0.25) is 0 Å². The molecule has 0 N–H and O–H groups in total. The van der Waals surface area contributed by atoms with Gasteiger partial charge < -0.3 is 28.4 Å². The number of halogens is 1. The van der Waals surface area contributed by atoms with Gasteiger partial charge in [0.2, 0.25) is 5.88 Å². The summed E-state index contributed by atoms with van der Waals surface area (Å²) in [5.74, 6) is 3.16. The van der Waals surface area contributed by atoms with E-state index in [0.717, 1.165) is 62.9 Å². The number of ether oxygens (including phenoxy) is 3. The second kappa shape index (κ2) is 13.7. The summed E-state index contributed by atoms with van der Waals surface area (Å²) in [5, 5.41) is 10.6. The number of likely N-dealkylation sites (tertiary alicyclic amines) is 1. The van der Waals surface area contributed by atoms with Crippen molar-refractivity contribution in [3.63, 3.8) is 0 Å². The fourth-order valence-corrected chi connectivity index (χ4v) is 7.00. The first-order chi connectivity index (χ1) is 23.5. The van der Waals surface area contributed by atoms with Gasteiger partial charge in [0.05, 0.1) is 38.1 Å².